The lowest BCUT2D eigenvalue weighted by molar-refractivity contribution is 0.255. The first-order valence-electron chi connectivity index (χ1n) is 9.11. The normalized spacial score (nSPS) is 11.6. The van der Waals surface area contributed by atoms with Crippen LogP contribution in [0.25, 0.3) is 0 Å². The molecule has 146 valence electrons. The van der Waals surface area contributed by atoms with Crippen LogP contribution in [0.4, 0.5) is 0 Å². The highest BCUT2D eigenvalue weighted by atomic mass is 32.2. The molecule has 0 radical (unpaired) electrons. The minimum atomic E-state index is -3.53. The van der Waals surface area contributed by atoms with E-state index in [1.165, 1.54) is 0 Å². The number of nitrogens with one attached hydrogen (secondary N) is 1. The van der Waals surface area contributed by atoms with E-state index in [1.807, 2.05) is 43.3 Å². The zero-order chi connectivity index (χ0) is 19.8. The molecule has 0 unspecified atom stereocenters. The van der Waals surface area contributed by atoms with Crippen molar-refractivity contribution in [2.45, 2.75) is 24.9 Å². The number of nitrogens with zero attached hydrogens (tertiary/aromatic N) is 3. The van der Waals surface area contributed by atoms with Gasteiger partial charge in [0.1, 0.15) is 0 Å². The van der Waals surface area contributed by atoms with Crippen LogP contribution in [0, 0.1) is 6.92 Å². The van der Waals surface area contributed by atoms with E-state index in [4.69, 9.17) is 0 Å². The first-order chi connectivity index (χ1) is 13.5. The average molecular weight is 397 g/mol. The molecule has 1 N–H and O–H groups in total. The zero-order valence-electron chi connectivity index (χ0n) is 15.8. The van der Waals surface area contributed by atoms with Crippen molar-refractivity contribution in [2.75, 3.05) is 13.1 Å². The van der Waals surface area contributed by atoms with Crippen LogP contribution in [0.2, 0.25) is 0 Å². The molecule has 0 amide bonds. The molecular formula is C21H24N4O2S. The van der Waals surface area contributed by atoms with Gasteiger partial charge in [-0.25, -0.2) is 13.1 Å². The first-order valence-corrected chi connectivity index (χ1v) is 10.6. The van der Waals surface area contributed by atoms with Gasteiger partial charge in [-0.15, -0.1) is 0 Å². The number of sulfonamides is 1. The van der Waals surface area contributed by atoms with Gasteiger partial charge in [0.25, 0.3) is 0 Å². The second-order valence-corrected chi connectivity index (χ2v) is 8.33. The molecule has 0 spiro atoms. The molecule has 0 bridgehead atoms. The number of rotatable bonds is 9. The molecule has 2 aromatic heterocycles. The standard InChI is InChI=1S/C21H24N4O2S/c1-18-8-10-21(11-9-18)28(26,27)24-14-15-25(16-19-6-2-4-12-22-19)17-20-7-3-5-13-23-20/h2-13,24H,14-17H2,1H3. The maximum atomic E-state index is 12.5. The molecule has 28 heavy (non-hydrogen) atoms. The maximum absolute atomic E-state index is 12.5. The fourth-order valence-corrected chi connectivity index (χ4v) is 3.82. The van der Waals surface area contributed by atoms with E-state index < -0.39 is 10.0 Å². The van der Waals surface area contributed by atoms with E-state index in [0.717, 1.165) is 17.0 Å². The summed E-state index contributed by atoms with van der Waals surface area (Å²) in [5.41, 5.74) is 2.88. The molecule has 6 nitrogen and oxygen atoms in total. The smallest absolute Gasteiger partial charge is 0.240 e. The van der Waals surface area contributed by atoms with E-state index in [1.54, 1.807) is 36.7 Å². The SMILES string of the molecule is Cc1ccc(S(=O)(=O)NCCN(Cc2ccccn2)Cc2ccccn2)cc1. The average Bonchev–Trinajstić information content (AvgIpc) is 2.70. The monoisotopic (exact) mass is 396 g/mol. The second kappa shape index (κ2) is 9.54. The van der Waals surface area contributed by atoms with Crippen LogP contribution in [0.5, 0.6) is 0 Å². The fourth-order valence-electron chi connectivity index (χ4n) is 2.79. The highest BCUT2D eigenvalue weighted by Crippen LogP contribution is 2.10. The van der Waals surface area contributed by atoms with Crippen molar-refractivity contribution < 1.29 is 8.42 Å². The van der Waals surface area contributed by atoms with Crippen LogP contribution >= 0.6 is 0 Å². The van der Waals surface area contributed by atoms with Crippen molar-refractivity contribution in [3.8, 4) is 0 Å². The molecule has 3 rings (SSSR count). The van der Waals surface area contributed by atoms with E-state index >= 15 is 0 Å². The number of benzene rings is 1. The lowest BCUT2D eigenvalue weighted by atomic mass is 10.2. The Kier molecular flexibility index (Phi) is 6.86. The Hall–Kier alpha value is -2.61. The summed E-state index contributed by atoms with van der Waals surface area (Å²) < 4.78 is 27.7. The first kappa shape index (κ1) is 20.1. The summed E-state index contributed by atoms with van der Waals surface area (Å²) in [6.07, 6.45) is 3.52. The van der Waals surface area contributed by atoms with E-state index in [0.29, 0.717) is 26.2 Å². The molecule has 3 aromatic rings. The summed E-state index contributed by atoms with van der Waals surface area (Å²) in [5, 5.41) is 0. The minimum Gasteiger partial charge on any atom is -0.290 e. The quantitative estimate of drug-likeness (QED) is 0.602. The van der Waals surface area contributed by atoms with Gasteiger partial charge in [-0.2, -0.15) is 0 Å². The van der Waals surface area contributed by atoms with Crippen LogP contribution < -0.4 is 4.72 Å². The van der Waals surface area contributed by atoms with Crippen molar-refractivity contribution in [3.63, 3.8) is 0 Å². The Labute approximate surface area is 166 Å². The molecule has 0 aliphatic heterocycles. The maximum Gasteiger partial charge on any atom is 0.240 e. The van der Waals surface area contributed by atoms with Gasteiger partial charge >= 0.3 is 0 Å². The van der Waals surface area contributed by atoms with Gasteiger partial charge in [0, 0.05) is 38.6 Å². The Bertz CT molecular complexity index is 921. The zero-order valence-corrected chi connectivity index (χ0v) is 16.6. The van der Waals surface area contributed by atoms with Crippen LogP contribution in [-0.2, 0) is 23.1 Å². The van der Waals surface area contributed by atoms with E-state index in [9.17, 15) is 8.42 Å². The van der Waals surface area contributed by atoms with Gasteiger partial charge in [0.15, 0.2) is 0 Å². The van der Waals surface area contributed by atoms with Crippen LogP contribution in [0.15, 0.2) is 78.0 Å². The molecule has 0 aliphatic rings. The number of aromatic nitrogens is 2. The number of hydrogen-bond acceptors (Lipinski definition) is 5. The van der Waals surface area contributed by atoms with Gasteiger partial charge in [-0.05, 0) is 43.3 Å². The molecule has 0 saturated heterocycles. The summed E-state index contributed by atoms with van der Waals surface area (Å²) in [6, 6.07) is 18.4. The molecule has 0 fully saturated rings. The van der Waals surface area contributed by atoms with Gasteiger partial charge in [-0.1, -0.05) is 29.8 Å². The predicted octanol–water partition coefficient (Wildman–Crippen LogP) is 2.77. The highest BCUT2D eigenvalue weighted by Gasteiger charge is 2.15. The van der Waals surface area contributed by atoms with E-state index in [2.05, 4.69) is 19.6 Å². The van der Waals surface area contributed by atoms with Gasteiger partial charge in [0.2, 0.25) is 10.0 Å². The molecule has 2 heterocycles. The van der Waals surface area contributed by atoms with Crippen molar-refractivity contribution in [2.24, 2.45) is 0 Å². The Balaban J connectivity index is 1.64. The summed E-state index contributed by atoms with van der Waals surface area (Å²) in [7, 11) is -3.53. The van der Waals surface area contributed by atoms with E-state index in [-0.39, 0.29) is 4.90 Å². The van der Waals surface area contributed by atoms with Crippen LogP contribution in [0.3, 0.4) is 0 Å². The third kappa shape index (κ3) is 5.95. The summed E-state index contributed by atoms with van der Waals surface area (Å²) in [4.78, 5) is 11.1. The van der Waals surface area contributed by atoms with Crippen LogP contribution in [-0.4, -0.2) is 36.4 Å². The summed E-state index contributed by atoms with van der Waals surface area (Å²) >= 11 is 0. The third-order valence-corrected chi connectivity index (χ3v) is 5.75. The Morgan fingerprint density at radius 3 is 1.93 bits per heavy atom. The summed E-state index contributed by atoms with van der Waals surface area (Å²) in [6.45, 7) is 4.00. The highest BCUT2D eigenvalue weighted by molar-refractivity contribution is 7.89. The predicted molar refractivity (Wildman–Crippen MR) is 109 cm³/mol. The number of aryl methyl sites for hydroxylation is 1. The van der Waals surface area contributed by atoms with Crippen molar-refractivity contribution in [1.82, 2.24) is 19.6 Å². The topological polar surface area (TPSA) is 75.2 Å². The second-order valence-electron chi connectivity index (χ2n) is 6.56. The van der Waals surface area contributed by atoms with Crippen molar-refractivity contribution in [3.05, 3.63) is 90.0 Å². The Morgan fingerprint density at radius 1 is 0.857 bits per heavy atom. The third-order valence-electron chi connectivity index (χ3n) is 4.27. The Morgan fingerprint density at radius 2 is 1.43 bits per heavy atom. The minimum absolute atomic E-state index is 0.277. The largest absolute Gasteiger partial charge is 0.290 e. The summed E-state index contributed by atoms with van der Waals surface area (Å²) in [5.74, 6) is 0. The molecule has 1 aromatic carbocycles. The van der Waals surface area contributed by atoms with Crippen molar-refractivity contribution >= 4 is 10.0 Å². The number of hydrogen-bond donors (Lipinski definition) is 1. The molecule has 7 heteroatoms. The molecule has 0 saturated carbocycles. The molecular weight excluding hydrogens is 372 g/mol. The lowest BCUT2D eigenvalue weighted by Crippen LogP contribution is -2.34. The van der Waals surface area contributed by atoms with Crippen LogP contribution in [0.1, 0.15) is 17.0 Å². The van der Waals surface area contributed by atoms with Gasteiger partial charge < -0.3 is 0 Å². The van der Waals surface area contributed by atoms with Crippen molar-refractivity contribution in [1.29, 1.82) is 0 Å². The fraction of sp³-hybridized carbons (Fsp3) is 0.238. The number of pyridine rings is 2. The molecule has 0 atom stereocenters. The lowest BCUT2D eigenvalue weighted by Gasteiger charge is -2.22. The molecule has 0 aliphatic carbocycles. The van der Waals surface area contributed by atoms with Gasteiger partial charge in [-0.3, -0.25) is 14.9 Å². The van der Waals surface area contributed by atoms with Gasteiger partial charge in [0.05, 0.1) is 16.3 Å².